The van der Waals surface area contributed by atoms with Crippen molar-refractivity contribution >= 4 is 16.9 Å². The van der Waals surface area contributed by atoms with Crippen LogP contribution in [0.15, 0.2) is 0 Å². The maximum atomic E-state index is 10.5. The van der Waals surface area contributed by atoms with Crippen molar-refractivity contribution in [2.24, 2.45) is 0 Å². The maximum Gasteiger partial charge on any atom is 0.305 e. The fraction of sp³-hybridized carbons (Fsp3) is 0.857. The topological polar surface area (TPSA) is 26.3 Å². The monoisotopic (exact) mass is 162 g/mol. The molecule has 0 saturated carbocycles. The summed E-state index contributed by atoms with van der Waals surface area (Å²) in [6.07, 6.45) is 3.83. The van der Waals surface area contributed by atoms with Crippen LogP contribution in [0.3, 0.4) is 0 Å². The molecule has 1 aliphatic heterocycles. The number of carbonyl (C=O) groups is 1. The van der Waals surface area contributed by atoms with Gasteiger partial charge in [-0.15, -0.1) is 0 Å². The predicted octanol–water partition coefficient (Wildman–Crippen LogP) is 0.288. The first-order chi connectivity index (χ1) is 3.89. The van der Waals surface area contributed by atoms with Crippen molar-refractivity contribution in [1.29, 1.82) is 0 Å². The Labute approximate surface area is 67.0 Å². The summed E-state index contributed by atoms with van der Waals surface area (Å²) in [7, 11) is 0. The summed E-state index contributed by atoms with van der Waals surface area (Å²) in [6, 6.07) is 0. The molecule has 0 bridgehead atoms. The third kappa shape index (κ3) is 4.55. The molecule has 10 heavy (non-hydrogen) atoms. The van der Waals surface area contributed by atoms with Gasteiger partial charge in [0, 0.05) is 6.42 Å². The average Bonchev–Trinajstić information content (AvgIpc) is 1.94. The van der Waals surface area contributed by atoms with E-state index >= 15 is 0 Å². The number of cyclic esters (lactones) is 1. The van der Waals surface area contributed by atoms with Gasteiger partial charge in [0.25, 0.3) is 0 Å². The molecule has 1 saturated heterocycles. The van der Waals surface area contributed by atoms with E-state index in [2.05, 4.69) is 0 Å². The van der Waals surface area contributed by atoms with Crippen LogP contribution in [0.2, 0.25) is 0 Å². The molecule has 0 atom stereocenters. The van der Waals surface area contributed by atoms with E-state index in [0.717, 1.165) is 19.3 Å². The van der Waals surface area contributed by atoms with Crippen LogP contribution in [0.4, 0.5) is 0 Å². The summed E-state index contributed by atoms with van der Waals surface area (Å²) in [5.74, 6) is -0.0255. The number of esters is 1. The molecule has 0 aliphatic carbocycles. The average molecular weight is 162 g/mol. The van der Waals surface area contributed by atoms with Crippen LogP contribution >= 0.6 is 0 Å². The van der Waals surface area contributed by atoms with Gasteiger partial charge >= 0.3 is 5.97 Å². The zero-order valence-corrected chi connectivity index (χ0v) is 4.85. The largest absolute Gasteiger partial charge is 0.466 e. The zero-order valence-electron chi connectivity index (χ0n) is 4.85. The van der Waals surface area contributed by atoms with Gasteiger partial charge in [-0.2, -0.15) is 0 Å². The van der Waals surface area contributed by atoms with Gasteiger partial charge in [0.05, 0.1) is 6.61 Å². The number of hydrogen-bond acceptors (Lipinski definition) is 2. The maximum absolute atomic E-state index is 10.5. The standard InChI is InChI=1S/C6H10O2.CH4.H4Si/c7-6-4-2-1-3-5-8-6;;/h1-5H2;2*1H4. The van der Waals surface area contributed by atoms with E-state index < -0.39 is 0 Å². The minimum Gasteiger partial charge on any atom is -0.466 e. The van der Waals surface area contributed by atoms with E-state index in [-0.39, 0.29) is 24.4 Å². The molecule has 0 aromatic carbocycles. The summed E-state index contributed by atoms with van der Waals surface area (Å²) in [5.41, 5.74) is 0. The van der Waals surface area contributed by atoms with Crippen LogP contribution < -0.4 is 0 Å². The molecule has 0 spiro atoms. The minimum absolute atomic E-state index is 0. The Hall–Kier alpha value is -0.313. The SMILES string of the molecule is C.O=C1CCCCCO1.[SiH4]. The third-order valence-corrected chi connectivity index (χ3v) is 1.29. The van der Waals surface area contributed by atoms with Crippen LogP contribution in [-0.4, -0.2) is 23.5 Å². The van der Waals surface area contributed by atoms with Crippen molar-refractivity contribution in [3.8, 4) is 0 Å². The number of hydrogen-bond donors (Lipinski definition) is 0. The zero-order chi connectivity index (χ0) is 5.82. The van der Waals surface area contributed by atoms with E-state index in [1.165, 1.54) is 0 Å². The van der Waals surface area contributed by atoms with Gasteiger partial charge in [0.1, 0.15) is 0 Å². The molecule has 1 fully saturated rings. The molecule has 1 aliphatic rings. The van der Waals surface area contributed by atoms with Crippen molar-refractivity contribution in [2.45, 2.75) is 33.1 Å². The number of rotatable bonds is 0. The molecule has 0 aromatic heterocycles. The Morgan fingerprint density at radius 1 is 1.20 bits per heavy atom. The molecule has 0 amide bonds. The van der Waals surface area contributed by atoms with E-state index in [1.54, 1.807) is 0 Å². The molecule has 3 heteroatoms. The second-order valence-electron chi connectivity index (χ2n) is 2.03. The summed E-state index contributed by atoms with van der Waals surface area (Å²) in [5, 5.41) is 0. The normalized spacial score (nSPS) is 17.4. The van der Waals surface area contributed by atoms with Crippen molar-refractivity contribution in [2.75, 3.05) is 6.61 Å². The lowest BCUT2D eigenvalue weighted by atomic mass is 10.2. The van der Waals surface area contributed by atoms with Gasteiger partial charge in [0.15, 0.2) is 0 Å². The Balaban J connectivity index is 0. The van der Waals surface area contributed by atoms with Gasteiger partial charge in [-0.3, -0.25) is 4.79 Å². The molecule has 0 radical (unpaired) electrons. The quantitative estimate of drug-likeness (QED) is 0.378. The van der Waals surface area contributed by atoms with Crippen LogP contribution in [0.5, 0.6) is 0 Å². The first kappa shape index (κ1) is 12.4. The van der Waals surface area contributed by atoms with Gasteiger partial charge in [-0.1, -0.05) is 7.43 Å². The molecular formula is C7H18O2Si. The van der Waals surface area contributed by atoms with Crippen LogP contribution in [0.1, 0.15) is 33.1 Å². The van der Waals surface area contributed by atoms with Crippen LogP contribution in [-0.2, 0) is 9.53 Å². The minimum atomic E-state index is -0.0255. The van der Waals surface area contributed by atoms with Crippen LogP contribution in [0, 0.1) is 0 Å². The summed E-state index contributed by atoms with van der Waals surface area (Å²) >= 11 is 0. The summed E-state index contributed by atoms with van der Waals surface area (Å²) < 4.78 is 4.76. The predicted molar refractivity (Wildman–Crippen MR) is 47.5 cm³/mol. The summed E-state index contributed by atoms with van der Waals surface area (Å²) in [6.45, 7) is 0.638. The summed E-state index contributed by atoms with van der Waals surface area (Å²) in [4.78, 5) is 10.5. The molecule has 0 unspecified atom stereocenters. The highest BCUT2D eigenvalue weighted by Gasteiger charge is 2.05. The lowest BCUT2D eigenvalue weighted by molar-refractivity contribution is -0.142. The number of ether oxygens (including phenoxy) is 1. The van der Waals surface area contributed by atoms with Crippen molar-refractivity contribution in [3.05, 3.63) is 0 Å². The lowest BCUT2D eigenvalue weighted by Gasteiger charge is -1.93. The lowest BCUT2D eigenvalue weighted by Crippen LogP contribution is -2.00. The van der Waals surface area contributed by atoms with Gasteiger partial charge in [-0.05, 0) is 30.2 Å². The highest BCUT2D eigenvalue weighted by molar-refractivity contribution is 5.75. The molecule has 62 valence electrons. The molecular weight excluding hydrogens is 144 g/mol. The van der Waals surface area contributed by atoms with Gasteiger partial charge < -0.3 is 4.74 Å². The van der Waals surface area contributed by atoms with Gasteiger partial charge in [0.2, 0.25) is 0 Å². The molecule has 1 rings (SSSR count). The second-order valence-corrected chi connectivity index (χ2v) is 2.03. The molecule has 2 nitrogen and oxygen atoms in total. The molecule has 0 N–H and O–H groups in total. The first-order valence-corrected chi connectivity index (χ1v) is 3.05. The number of carbonyl (C=O) groups excluding carboxylic acids is 1. The first-order valence-electron chi connectivity index (χ1n) is 3.05. The van der Waals surface area contributed by atoms with E-state index in [4.69, 9.17) is 4.74 Å². The van der Waals surface area contributed by atoms with Gasteiger partial charge in [-0.25, -0.2) is 0 Å². The Morgan fingerprint density at radius 3 is 2.60 bits per heavy atom. The van der Waals surface area contributed by atoms with E-state index in [1.807, 2.05) is 0 Å². The highest BCUT2D eigenvalue weighted by atomic mass is 28.1. The molecule has 1 heterocycles. The van der Waals surface area contributed by atoms with E-state index in [0.29, 0.717) is 13.0 Å². The van der Waals surface area contributed by atoms with Crippen molar-refractivity contribution in [3.63, 3.8) is 0 Å². The molecule has 0 aromatic rings. The Kier molecular flexibility index (Phi) is 8.41. The fourth-order valence-corrected chi connectivity index (χ4v) is 0.806. The van der Waals surface area contributed by atoms with E-state index in [9.17, 15) is 4.79 Å². The smallest absolute Gasteiger partial charge is 0.305 e. The van der Waals surface area contributed by atoms with Crippen molar-refractivity contribution < 1.29 is 9.53 Å². The Morgan fingerprint density at radius 2 is 1.90 bits per heavy atom. The highest BCUT2D eigenvalue weighted by Crippen LogP contribution is 2.06. The van der Waals surface area contributed by atoms with Crippen LogP contribution in [0.25, 0.3) is 0 Å². The fourth-order valence-electron chi connectivity index (χ4n) is 0.806. The van der Waals surface area contributed by atoms with Crippen molar-refractivity contribution in [1.82, 2.24) is 0 Å². The third-order valence-electron chi connectivity index (χ3n) is 1.29. The Bertz CT molecular complexity index is 83.6. The second kappa shape index (κ2) is 6.80.